The van der Waals surface area contributed by atoms with Crippen LogP contribution in [0.2, 0.25) is 0 Å². The van der Waals surface area contributed by atoms with Gasteiger partial charge in [-0.1, -0.05) is 5.16 Å². The molecule has 0 saturated heterocycles. The molecule has 1 N–H and O–H groups in total. The molecule has 0 bridgehead atoms. The van der Waals surface area contributed by atoms with E-state index in [0.717, 1.165) is 10.8 Å². The first kappa shape index (κ1) is 11.0. The van der Waals surface area contributed by atoms with Crippen molar-refractivity contribution in [3.05, 3.63) is 32.7 Å². The van der Waals surface area contributed by atoms with Crippen LogP contribution in [0, 0.1) is 0 Å². The summed E-state index contributed by atoms with van der Waals surface area (Å²) < 4.78 is 2.16. The van der Waals surface area contributed by atoms with Crippen LogP contribution in [0.3, 0.4) is 0 Å². The van der Waals surface area contributed by atoms with Gasteiger partial charge in [-0.05, 0) is 0 Å². The fourth-order valence-corrected chi connectivity index (χ4v) is 1.46. The van der Waals surface area contributed by atoms with Gasteiger partial charge in [0, 0.05) is 14.1 Å². The average Bonchev–Trinajstić information content (AvgIpc) is 2.34. The molecule has 2 heterocycles. The monoisotopic (exact) mass is 235 g/mol. The maximum absolute atomic E-state index is 11.7. The van der Waals surface area contributed by atoms with Crippen LogP contribution in [0.1, 0.15) is 5.69 Å². The van der Waals surface area contributed by atoms with Crippen LogP contribution in [-0.4, -0.2) is 30.5 Å². The standard InChI is InChI=1S/C9H9N5O3/c1-13-7-6(8(15)14(2)9(13)16)10-3-5(12-7)4-11-17/h3-4,17H,1-2H3. The fourth-order valence-electron chi connectivity index (χ4n) is 1.46. The number of fused-ring (bicyclic) bond motifs is 1. The molecule has 0 atom stereocenters. The SMILES string of the molecule is Cn1c(=O)c2ncc(C=NO)nc2n(C)c1=O. The Kier molecular flexibility index (Phi) is 2.47. The van der Waals surface area contributed by atoms with Crippen molar-refractivity contribution in [2.75, 3.05) is 0 Å². The van der Waals surface area contributed by atoms with Gasteiger partial charge in [0.25, 0.3) is 5.56 Å². The smallest absolute Gasteiger partial charge is 0.332 e. The van der Waals surface area contributed by atoms with Crippen LogP contribution in [0.15, 0.2) is 20.9 Å². The van der Waals surface area contributed by atoms with E-state index in [4.69, 9.17) is 5.21 Å². The van der Waals surface area contributed by atoms with Crippen LogP contribution in [0.5, 0.6) is 0 Å². The van der Waals surface area contributed by atoms with Gasteiger partial charge in [0.15, 0.2) is 11.2 Å². The van der Waals surface area contributed by atoms with E-state index >= 15 is 0 Å². The third-order valence-electron chi connectivity index (χ3n) is 2.36. The quantitative estimate of drug-likeness (QED) is 0.381. The molecule has 0 spiro atoms. The molecule has 0 aromatic carbocycles. The van der Waals surface area contributed by atoms with Gasteiger partial charge in [0.2, 0.25) is 0 Å². The molecule has 2 aromatic rings. The zero-order valence-corrected chi connectivity index (χ0v) is 9.15. The van der Waals surface area contributed by atoms with Gasteiger partial charge in [-0.25, -0.2) is 14.8 Å². The predicted molar refractivity (Wildman–Crippen MR) is 59.4 cm³/mol. The third-order valence-corrected chi connectivity index (χ3v) is 2.36. The Morgan fingerprint density at radius 3 is 2.71 bits per heavy atom. The molecular weight excluding hydrogens is 226 g/mol. The first-order chi connectivity index (χ1) is 8.06. The lowest BCUT2D eigenvalue weighted by Crippen LogP contribution is -2.37. The van der Waals surface area contributed by atoms with Gasteiger partial charge in [-0.2, -0.15) is 0 Å². The van der Waals surface area contributed by atoms with Crippen LogP contribution in [0.4, 0.5) is 0 Å². The van der Waals surface area contributed by atoms with Gasteiger partial charge >= 0.3 is 5.69 Å². The molecule has 88 valence electrons. The molecule has 17 heavy (non-hydrogen) atoms. The summed E-state index contributed by atoms with van der Waals surface area (Å²) in [7, 11) is 2.85. The van der Waals surface area contributed by atoms with Gasteiger partial charge in [-0.3, -0.25) is 13.9 Å². The zero-order valence-electron chi connectivity index (χ0n) is 9.15. The highest BCUT2D eigenvalue weighted by atomic mass is 16.4. The summed E-state index contributed by atoms with van der Waals surface area (Å²) in [6.45, 7) is 0. The molecular formula is C9H9N5O3. The molecule has 0 radical (unpaired) electrons. The Morgan fingerprint density at radius 1 is 1.35 bits per heavy atom. The molecule has 0 fully saturated rings. The van der Waals surface area contributed by atoms with Crippen molar-refractivity contribution in [2.45, 2.75) is 0 Å². The van der Waals surface area contributed by atoms with E-state index in [-0.39, 0.29) is 16.9 Å². The van der Waals surface area contributed by atoms with E-state index in [2.05, 4.69) is 15.1 Å². The number of hydrogen-bond acceptors (Lipinski definition) is 6. The largest absolute Gasteiger partial charge is 0.411 e. The van der Waals surface area contributed by atoms with Crippen LogP contribution in [-0.2, 0) is 14.1 Å². The van der Waals surface area contributed by atoms with Crippen LogP contribution < -0.4 is 11.2 Å². The zero-order chi connectivity index (χ0) is 12.6. The highest BCUT2D eigenvalue weighted by Crippen LogP contribution is 2.00. The molecule has 2 rings (SSSR count). The molecule has 0 unspecified atom stereocenters. The summed E-state index contributed by atoms with van der Waals surface area (Å²) in [6, 6.07) is 0. The van der Waals surface area contributed by atoms with Crippen molar-refractivity contribution in [3.8, 4) is 0 Å². The van der Waals surface area contributed by atoms with Crippen molar-refractivity contribution in [1.29, 1.82) is 0 Å². The summed E-state index contributed by atoms with van der Waals surface area (Å²) in [5, 5.41) is 11.2. The maximum atomic E-state index is 11.7. The minimum Gasteiger partial charge on any atom is -0.411 e. The minimum atomic E-state index is -0.511. The van der Waals surface area contributed by atoms with Crippen molar-refractivity contribution in [3.63, 3.8) is 0 Å². The summed E-state index contributed by atoms with van der Waals surface area (Å²) in [6.07, 6.45) is 2.35. The van der Waals surface area contributed by atoms with Crippen molar-refractivity contribution in [2.24, 2.45) is 19.3 Å². The first-order valence-corrected chi connectivity index (χ1v) is 4.66. The van der Waals surface area contributed by atoms with Crippen LogP contribution in [0.25, 0.3) is 11.2 Å². The average molecular weight is 235 g/mol. The summed E-state index contributed by atoms with van der Waals surface area (Å²) >= 11 is 0. The second-order valence-electron chi connectivity index (χ2n) is 3.42. The molecule has 0 aliphatic carbocycles. The van der Waals surface area contributed by atoms with Crippen molar-refractivity contribution in [1.82, 2.24) is 19.1 Å². The second kappa shape index (κ2) is 3.81. The van der Waals surface area contributed by atoms with Gasteiger partial charge in [0.1, 0.15) is 5.69 Å². The van der Waals surface area contributed by atoms with Gasteiger partial charge in [-0.15, -0.1) is 0 Å². The normalized spacial score (nSPS) is 11.4. The molecule has 0 amide bonds. The number of nitrogens with zero attached hydrogens (tertiary/aromatic N) is 5. The lowest BCUT2D eigenvalue weighted by molar-refractivity contribution is 0.321. The summed E-state index contributed by atoms with van der Waals surface area (Å²) in [5.74, 6) is 0. The second-order valence-corrected chi connectivity index (χ2v) is 3.42. The molecule has 8 heteroatoms. The lowest BCUT2D eigenvalue weighted by Gasteiger charge is -2.05. The highest BCUT2D eigenvalue weighted by molar-refractivity contribution is 5.79. The highest BCUT2D eigenvalue weighted by Gasteiger charge is 2.10. The number of rotatable bonds is 1. The van der Waals surface area contributed by atoms with Crippen molar-refractivity contribution >= 4 is 17.4 Å². The Hall–Kier alpha value is -2.51. The lowest BCUT2D eigenvalue weighted by atomic mass is 10.4. The Morgan fingerprint density at radius 2 is 2.06 bits per heavy atom. The van der Waals surface area contributed by atoms with E-state index in [0.29, 0.717) is 0 Å². The van der Waals surface area contributed by atoms with Crippen LogP contribution >= 0.6 is 0 Å². The fraction of sp³-hybridized carbons (Fsp3) is 0.222. The Bertz CT molecular complexity index is 728. The molecule has 0 aliphatic rings. The molecule has 2 aromatic heterocycles. The van der Waals surface area contributed by atoms with E-state index in [9.17, 15) is 9.59 Å². The summed E-state index contributed by atoms with van der Waals surface area (Å²) in [4.78, 5) is 31.3. The third kappa shape index (κ3) is 1.59. The number of aromatic nitrogens is 4. The summed E-state index contributed by atoms with van der Waals surface area (Å²) in [5.41, 5.74) is -0.513. The Labute approximate surface area is 94.5 Å². The van der Waals surface area contributed by atoms with E-state index in [1.807, 2.05) is 0 Å². The Balaban J connectivity index is 2.97. The number of oxime groups is 1. The van der Waals surface area contributed by atoms with E-state index in [1.165, 1.54) is 24.9 Å². The number of hydrogen-bond donors (Lipinski definition) is 1. The van der Waals surface area contributed by atoms with Gasteiger partial charge < -0.3 is 5.21 Å². The molecule has 0 aliphatic heterocycles. The predicted octanol–water partition coefficient (Wildman–Crippen LogP) is -1.16. The molecule has 8 nitrogen and oxygen atoms in total. The van der Waals surface area contributed by atoms with Crippen molar-refractivity contribution < 1.29 is 5.21 Å². The first-order valence-electron chi connectivity index (χ1n) is 4.66. The minimum absolute atomic E-state index is 0.0877. The van der Waals surface area contributed by atoms with E-state index < -0.39 is 11.2 Å². The molecule has 0 saturated carbocycles. The topological polar surface area (TPSA) is 102 Å². The number of aryl methyl sites for hydroxylation is 1. The van der Waals surface area contributed by atoms with Gasteiger partial charge in [0.05, 0.1) is 12.4 Å². The maximum Gasteiger partial charge on any atom is 0.332 e. The van der Waals surface area contributed by atoms with E-state index in [1.54, 1.807) is 0 Å².